The van der Waals surface area contributed by atoms with E-state index in [1.165, 1.54) is 6.07 Å². The number of carbonyl (C=O) groups is 1. The van der Waals surface area contributed by atoms with Crippen molar-refractivity contribution in [1.29, 1.82) is 0 Å². The summed E-state index contributed by atoms with van der Waals surface area (Å²) in [6, 6.07) is 4.01. The second kappa shape index (κ2) is 11.2. The molecule has 1 amide bonds. The van der Waals surface area contributed by atoms with Crippen LogP contribution in [0.25, 0.3) is 0 Å². The molecule has 10 heteroatoms. The van der Waals surface area contributed by atoms with E-state index in [1.54, 1.807) is 33.9 Å². The number of rotatable bonds is 5. The van der Waals surface area contributed by atoms with Crippen LogP contribution >= 0.6 is 24.0 Å². The predicted octanol–water partition coefficient (Wildman–Crippen LogP) is 4.16. The predicted molar refractivity (Wildman–Crippen MR) is 126 cm³/mol. The number of ether oxygens (including phenoxy) is 1. The first-order chi connectivity index (χ1) is 13.9. The largest absolute Gasteiger partial charge is 0.488 e. The van der Waals surface area contributed by atoms with Gasteiger partial charge in [-0.25, -0.2) is 0 Å². The molecule has 3 N–H and O–H groups in total. The Kier molecular flexibility index (Phi) is 9.90. The van der Waals surface area contributed by atoms with E-state index in [9.17, 15) is 18.0 Å². The maximum absolute atomic E-state index is 13.6. The number of nitrogens with two attached hydrogens (primary N) is 1. The molecule has 1 atom stereocenters. The van der Waals surface area contributed by atoms with Gasteiger partial charge in [-0.15, -0.1) is 24.0 Å². The second-order valence-corrected chi connectivity index (χ2v) is 8.56. The number of nitrogens with one attached hydrogen (secondary N) is 1. The number of benzene rings is 1. The van der Waals surface area contributed by atoms with E-state index >= 15 is 0 Å². The van der Waals surface area contributed by atoms with Gasteiger partial charge in [0, 0.05) is 33.1 Å². The Morgan fingerprint density at radius 1 is 1.32 bits per heavy atom. The number of hydrogen-bond acceptors (Lipinski definition) is 3. The maximum atomic E-state index is 13.6. The quantitative estimate of drug-likeness (QED) is 0.325. The van der Waals surface area contributed by atoms with Gasteiger partial charge in [-0.3, -0.25) is 9.79 Å². The van der Waals surface area contributed by atoms with E-state index < -0.39 is 17.3 Å². The fraction of sp³-hybridized carbons (Fsp3) is 0.619. The highest BCUT2D eigenvalue weighted by Crippen LogP contribution is 2.35. The van der Waals surface area contributed by atoms with Crippen molar-refractivity contribution < 1.29 is 22.7 Å². The van der Waals surface area contributed by atoms with Gasteiger partial charge in [0.1, 0.15) is 11.4 Å². The number of piperidine rings is 1. The van der Waals surface area contributed by atoms with Crippen LogP contribution in [0.2, 0.25) is 0 Å². The van der Waals surface area contributed by atoms with Crippen molar-refractivity contribution in [3.8, 4) is 5.75 Å². The van der Waals surface area contributed by atoms with Crippen molar-refractivity contribution in [2.45, 2.75) is 58.4 Å². The van der Waals surface area contributed by atoms with Gasteiger partial charge >= 0.3 is 6.18 Å². The summed E-state index contributed by atoms with van der Waals surface area (Å²) in [5, 5.41) is 3.03. The number of likely N-dealkylation sites (tertiary alicyclic amines) is 1. The molecule has 1 heterocycles. The number of alkyl halides is 3. The number of aliphatic imine (C=N–C) groups is 1. The Morgan fingerprint density at radius 2 is 2.00 bits per heavy atom. The highest BCUT2D eigenvalue weighted by molar-refractivity contribution is 14.0. The minimum Gasteiger partial charge on any atom is -0.488 e. The lowest BCUT2D eigenvalue weighted by molar-refractivity contribution is -0.138. The zero-order chi connectivity index (χ0) is 22.5. The molecule has 2 rings (SSSR count). The molecule has 0 aliphatic carbocycles. The van der Waals surface area contributed by atoms with Gasteiger partial charge in [0.15, 0.2) is 5.96 Å². The summed E-state index contributed by atoms with van der Waals surface area (Å²) in [6.45, 7) is 6.62. The number of nitrogens with zero attached hydrogens (tertiary/aromatic N) is 2. The Bertz CT molecular complexity index is 779. The first-order valence-corrected chi connectivity index (χ1v) is 10.0. The number of halogens is 4. The van der Waals surface area contributed by atoms with Crippen LogP contribution in [-0.4, -0.2) is 42.5 Å². The molecule has 0 spiro atoms. The molecule has 1 saturated heterocycles. The fourth-order valence-corrected chi connectivity index (χ4v) is 3.61. The molecule has 1 aromatic carbocycles. The van der Waals surface area contributed by atoms with Crippen LogP contribution < -0.4 is 15.8 Å². The number of primary amides is 1. The topological polar surface area (TPSA) is 80.0 Å². The molecule has 0 saturated carbocycles. The van der Waals surface area contributed by atoms with Crippen LogP contribution in [0.3, 0.4) is 0 Å². The van der Waals surface area contributed by atoms with Gasteiger partial charge in [-0.2, -0.15) is 13.2 Å². The number of hydrogen-bond donors (Lipinski definition) is 2. The third kappa shape index (κ3) is 8.74. The van der Waals surface area contributed by atoms with Crippen molar-refractivity contribution in [2.24, 2.45) is 16.6 Å². The summed E-state index contributed by atoms with van der Waals surface area (Å²) in [5.41, 5.74) is 4.07. The van der Waals surface area contributed by atoms with Crippen molar-refractivity contribution >= 4 is 35.8 Å². The average Bonchev–Trinajstić information content (AvgIpc) is 2.61. The van der Waals surface area contributed by atoms with Crippen molar-refractivity contribution in [3.05, 3.63) is 29.3 Å². The summed E-state index contributed by atoms with van der Waals surface area (Å²) in [7, 11) is 1.59. The average molecular weight is 556 g/mol. The number of amides is 1. The third-order valence-electron chi connectivity index (χ3n) is 4.77. The highest BCUT2D eigenvalue weighted by Gasteiger charge is 2.34. The lowest BCUT2D eigenvalue weighted by atomic mass is 9.95. The van der Waals surface area contributed by atoms with Gasteiger partial charge in [0.25, 0.3) is 0 Å². The minimum atomic E-state index is -4.50. The van der Waals surface area contributed by atoms with E-state index in [4.69, 9.17) is 10.5 Å². The molecular weight excluding hydrogens is 524 g/mol. The summed E-state index contributed by atoms with van der Waals surface area (Å²) < 4.78 is 46.5. The zero-order valence-electron chi connectivity index (χ0n) is 18.4. The van der Waals surface area contributed by atoms with Crippen LogP contribution in [0.5, 0.6) is 5.75 Å². The SMILES string of the molecule is CN=C(NCc1ccc(OC(C)(C)C)cc1C(F)(F)F)N1CCCC(CC(N)=O)C1.I. The molecule has 1 aliphatic rings. The molecule has 1 fully saturated rings. The van der Waals surface area contributed by atoms with Crippen molar-refractivity contribution in [3.63, 3.8) is 0 Å². The van der Waals surface area contributed by atoms with Gasteiger partial charge in [0.2, 0.25) is 5.91 Å². The molecule has 0 aromatic heterocycles. The molecule has 0 radical (unpaired) electrons. The maximum Gasteiger partial charge on any atom is 0.416 e. The fourth-order valence-electron chi connectivity index (χ4n) is 3.61. The molecule has 31 heavy (non-hydrogen) atoms. The van der Waals surface area contributed by atoms with E-state index in [-0.39, 0.29) is 53.7 Å². The van der Waals surface area contributed by atoms with Crippen molar-refractivity contribution in [1.82, 2.24) is 10.2 Å². The van der Waals surface area contributed by atoms with Crippen molar-refractivity contribution in [2.75, 3.05) is 20.1 Å². The van der Waals surface area contributed by atoms with E-state index in [0.717, 1.165) is 25.5 Å². The van der Waals surface area contributed by atoms with E-state index in [1.807, 2.05) is 4.90 Å². The van der Waals surface area contributed by atoms with Crippen LogP contribution in [0.4, 0.5) is 13.2 Å². The summed E-state index contributed by atoms with van der Waals surface area (Å²) in [5.74, 6) is 0.451. The van der Waals surface area contributed by atoms with Gasteiger partial charge < -0.3 is 20.7 Å². The molecule has 176 valence electrons. The van der Waals surface area contributed by atoms with Gasteiger partial charge in [-0.1, -0.05) is 6.07 Å². The van der Waals surface area contributed by atoms with E-state index in [0.29, 0.717) is 18.9 Å². The molecule has 1 unspecified atom stereocenters. The first kappa shape index (κ1) is 27.3. The minimum absolute atomic E-state index is 0. The Morgan fingerprint density at radius 3 is 2.55 bits per heavy atom. The lowest BCUT2D eigenvalue weighted by Gasteiger charge is -2.34. The Balaban J connectivity index is 0.00000480. The monoisotopic (exact) mass is 556 g/mol. The molecule has 0 bridgehead atoms. The van der Waals surface area contributed by atoms with Crippen LogP contribution in [0.15, 0.2) is 23.2 Å². The van der Waals surface area contributed by atoms with Crippen LogP contribution in [0, 0.1) is 5.92 Å². The van der Waals surface area contributed by atoms with E-state index in [2.05, 4.69) is 10.3 Å². The smallest absolute Gasteiger partial charge is 0.416 e. The normalized spacial score (nSPS) is 17.7. The second-order valence-electron chi connectivity index (χ2n) is 8.56. The molecule has 6 nitrogen and oxygen atoms in total. The highest BCUT2D eigenvalue weighted by atomic mass is 127. The number of guanidine groups is 1. The standard InChI is InChI=1S/C21H31F3N4O2.HI/c1-20(2,3)30-16-8-7-15(17(11-16)21(22,23)24)12-27-19(26-4)28-9-5-6-14(13-28)10-18(25)29;/h7-8,11,14H,5-6,9-10,12-13H2,1-4H3,(H2,25,29)(H,26,27);1H. The first-order valence-electron chi connectivity index (χ1n) is 10.0. The Labute approximate surface area is 198 Å². The Hall–Kier alpha value is -1.72. The lowest BCUT2D eigenvalue weighted by Crippen LogP contribution is -2.47. The molecule has 1 aromatic rings. The van der Waals surface area contributed by atoms with Gasteiger partial charge in [-0.05, 0) is 57.2 Å². The van der Waals surface area contributed by atoms with Gasteiger partial charge in [0.05, 0.1) is 5.56 Å². The zero-order valence-corrected chi connectivity index (χ0v) is 20.7. The summed E-state index contributed by atoms with van der Waals surface area (Å²) in [6.07, 6.45) is -2.45. The summed E-state index contributed by atoms with van der Waals surface area (Å²) in [4.78, 5) is 17.4. The molecule has 1 aliphatic heterocycles. The van der Waals surface area contributed by atoms with Crippen LogP contribution in [-0.2, 0) is 17.5 Å². The van der Waals surface area contributed by atoms with Crippen LogP contribution in [0.1, 0.15) is 51.2 Å². The molecular formula is C21H32F3IN4O2. The third-order valence-corrected chi connectivity index (χ3v) is 4.77. The number of carbonyl (C=O) groups excluding carboxylic acids is 1. The summed E-state index contributed by atoms with van der Waals surface area (Å²) >= 11 is 0.